The van der Waals surface area contributed by atoms with Gasteiger partial charge in [-0.15, -0.1) is 11.3 Å². The van der Waals surface area contributed by atoms with Gasteiger partial charge in [0.05, 0.1) is 0 Å². The predicted octanol–water partition coefficient (Wildman–Crippen LogP) is 4.21. The molecule has 5 heteroatoms. The van der Waals surface area contributed by atoms with Gasteiger partial charge in [-0.3, -0.25) is 0 Å². The van der Waals surface area contributed by atoms with E-state index in [0.717, 1.165) is 26.5 Å². The van der Waals surface area contributed by atoms with E-state index < -0.39 is 0 Å². The third kappa shape index (κ3) is 3.37. The summed E-state index contributed by atoms with van der Waals surface area (Å²) in [5.74, 6) is -0.245. The average Bonchev–Trinajstić information content (AvgIpc) is 2.78. The zero-order valence-corrected chi connectivity index (χ0v) is 12.6. The molecule has 2 rings (SSSR count). The van der Waals surface area contributed by atoms with Crippen molar-refractivity contribution >= 4 is 27.3 Å². The second kappa shape index (κ2) is 5.91. The standard InChI is InChI=1S/C13H14BrFN2S/c1-8(2)16-6-10-7-17-13(18-10)11-5-9(15)3-4-12(11)14/h3-5,7-8,16H,6H2,1-2H3. The minimum atomic E-state index is -0.245. The minimum absolute atomic E-state index is 0.245. The van der Waals surface area contributed by atoms with Crippen LogP contribution in [0.3, 0.4) is 0 Å². The average molecular weight is 329 g/mol. The number of benzene rings is 1. The normalized spacial score (nSPS) is 11.2. The van der Waals surface area contributed by atoms with Crippen molar-refractivity contribution in [2.75, 3.05) is 0 Å². The van der Waals surface area contributed by atoms with E-state index in [2.05, 4.69) is 40.1 Å². The molecule has 1 heterocycles. The molecule has 1 aromatic heterocycles. The molecule has 1 aromatic carbocycles. The van der Waals surface area contributed by atoms with Gasteiger partial charge in [-0.2, -0.15) is 0 Å². The lowest BCUT2D eigenvalue weighted by molar-refractivity contribution is 0.593. The fourth-order valence-electron chi connectivity index (χ4n) is 1.48. The predicted molar refractivity (Wildman–Crippen MR) is 77.2 cm³/mol. The van der Waals surface area contributed by atoms with Gasteiger partial charge in [0.15, 0.2) is 0 Å². The van der Waals surface area contributed by atoms with Crippen LogP contribution >= 0.6 is 27.3 Å². The number of nitrogens with zero attached hydrogens (tertiary/aromatic N) is 1. The van der Waals surface area contributed by atoms with Gasteiger partial charge in [-0.1, -0.05) is 29.8 Å². The number of nitrogens with one attached hydrogen (secondary N) is 1. The van der Waals surface area contributed by atoms with Gasteiger partial charge in [0.2, 0.25) is 0 Å². The summed E-state index contributed by atoms with van der Waals surface area (Å²) in [6.07, 6.45) is 1.84. The summed E-state index contributed by atoms with van der Waals surface area (Å²) < 4.78 is 14.1. The van der Waals surface area contributed by atoms with Gasteiger partial charge in [-0.05, 0) is 18.2 Å². The number of hydrogen-bond acceptors (Lipinski definition) is 3. The molecule has 0 amide bonds. The van der Waals surface area contributed by atoms with E-state index in [1.807, 2.05) is 6.20 Å². The van der Waals surface area contributed by atoms with Crippen molar-refractivity contribution in [3.8, 4) is 10.6 Å². The van der Waals surface area contributed by atoms with Crippen LogP contribution in [-0.2, 0) is 6.54 Å². The summed E-state index contributed by atoms with van der Waals surface area (Å²) in [4.78, 5) is 5.50. The van der Waals surface area contributed by atoms with Crippen LogP contribution < -0.4 is 5.32 Å². The summed E-state index contributed by atoms with van der Waals surface area (Å²) in [5, 5.41) is 4.17. The second-order valence-electron chi connectivity index (χ2n) is 4.29. The van der Waals surface area contributed by atoms with E-state index in [-0.39, 0.29) is 5.82 Å². The molecule has 0 unspecified atom stereocenters. The highest BCUT2D eigenvalue weighted by molar-refractivity contribution is 9.10. The highest BCUT2D eigenvalue weighted by atomic mass is 79.9. The first-order chi connectivity index (χ1) is 8.56. The molecule has 0 fully saturated rings. The molecular weight excluding hydrogens is 315 g/mol. The van der Waals surface area contributed by atoms with E-state index in [9.17, 15) is 4.39 Å². The van der Waals surface area contributed by atoms with Gasteiger partial charge >= 0.3 is 0 Å². The first-order valence-corrected chi connectivity index (χ1v) is 7.30. The molecule has 2 aromatic rings. The SMILES string of the molecule is CC(C)NCc1cnc(-c2cc(F)ccc2Br)s1. The van der Waals surface area contributed by atoms with Crippen molar-refractivity contribution in [3.63, 3.8) is 0 Å². The molecule has 0 aliphatic rings. The Balaban J connectivity index is 2.21. The van der Waals surface area contributed by atoms with Gasteiger partial charge < -0.3 is 5.32 Å². The van der Waals surface area contributed by atoms with Crippen LogP contribution in [0.5, 0.6) is 0 Å². The molecule has 0 aliphatic heterocycles. The Labute approximate surface area is 118 Å². The molecule has 0 saturated heterocycles. The van der Waals surface area contributed by atoms with E-state index >= 15 is 0 Å². The monoisotopic (exact) mass is 328 g/mol. The molecule has 0 radical (unpaired) electrons. The zero-order valence-electron chi connectivity index (χ0n) is 10.2. The summed E-state index contributed by atoms with van der Waals surface area (Å²) in [6, 6.07) is 5.08. The first kappa shape index (κ1) is 13.6. The minimum Gasteiger partial charge on any atom is -0.310 e. The van der Waals surface area contributed by atoms with Crippen LogP contribution in [0.25, 0.3) is 10.6 Å². The fourth-order valence-corrected chi connectivity index (χ4v) is 2.94. The maximum atomic E-state index is 13.2. The van der Waals surface area contributed by atoms with Crippen molar-refractivity contribution in [1.29, 1.82) is 0 Å². The summed E-state index contributed by atoms with van der Waals surface area (Å²) in [6.45, 7) is 5.00. The number of aromatic nitrogens is 1. The maximum Gasteiger partial charge on any atom is 0.124 e. The Morgan fingerprint density at radius 1 is 1.44 bits per heavy atom. The van der Waals surface area contributed by atoms with Crippen molar-refractivity contribution < 1.29 is 4.39 Å². The van der Waals surface area contributed by atoms with Gasteiger partial charge in [0.25, 0.3) is 0 Å². The van der Waals surface area contributed by atoms with Crippen LogP contribution in [0.2, 0.25) is 0 Å². The van der Waals surface area contributed by atoms with Gasteiger partial charge in [0, 0.05) is 33.7 Å². The van der Waals surface area contributed by atoms with E-state index in [4.69, 9.17) is 0 Å². The Kier molecular flexibility index (Phi) is 4.48. The maximum absolute atomic E-state index is 13.2. The van der Waals surface area contributed by atoms with Crippen molar-refractivity contribution in [2.24, 2.45) is 0 Å². The lowest BCUT2D eigenvalue weighted by atomic mass is 10.2. The molecule has 0 atom stereocenters. The molecule has 2 nitrogen and oxygen atoms in total. The van der Waals surface area contributed by atoms with Gasteiger partial charge in [-0.25, -0.2) is 9.37 Å². The molecule has 1 N–H and O–H groups in total. The molecule has 0 bridgehead atoms. The van der Waals surface area contributed by atoms with E-state index in [1.165, 1.54) is 12.1 Å². The van der Waals surface area contributed by atoms with Crippen LogP contribution in [-0.4, -0.2) is 11.0 Å². The van der Waals surface area contributed by atoms with Crippen LogP contribution in [0.15, 0.2) is 28.9 Å². The molecule has 18 heavy (non-hydrogen) atoms. The van der Waals surface area contributed by atoms with Crippen molar-refractivity contribution in [2.45, 2.75) is 26.4 Å². The molecule has 0 saturated carbocycles. The molecule has 0 spiro atoms. The van der Waals surface area contributed by atoms with Crippen LogP contribution in [0, 0.1) is 5.82 Å². The number of hydrogen-bond donors (Lipinski definition) is 1. The Hall–Kier alpha value is -0.780. The number of thiazole rings is 1. The molecular formula is C13H14BrFN2S. The number of halogens is 2. The third-order valence-electron chi connectivity index (χ3n) is 2.40. The highest BCUT2D eigenvalue weighted by Crippen LogP contribution is 2.32. The smallest absolute Gasteiger partial charge is 0.124 e. The first-order valence-electron chi connectivity index (χ1n) is 5.70. The lowest BCUT2D eigenvalue weighted by Gasteiger charge is -2.04. The second-order valence-corrected chi connectivity index (χ2v) is 6.26. The molecule has 96 valence electrons. The Morgan fingerprint density at radius 3 is 2.94 bits per heavy atom. The van der Waals surface area contributed by atoms with Gasteiger partial charge in [0.1, 0.15) is 10.8 Å². The summed E-state index contributed by atoms with van der Waals surface area (Å²) in [7, 11) is 0. The Bertz CT molecular complexity index is 540. The Morgan fingerprint density at radius 2 is 2.22 bits per heavy atom. The quantitative estimate of drug-likeness (QED) is 0.909. The topological polar surface area (TPSA) is 24.9 Å². The summed E-state index contributed by atoms with van der Waals surface area (Å²) >= 11 is 5.00. The van der Waals surface area contributed by atoms with E-state index in [0.29, 0.717) is 6.04 Å². The number of rotatable bonds is 4. The molecule has 0 aliphatic carbocycles. The highest BCUT2D eigenvalue weighted by Gasteiger charge is 2.09. The van der Waals surface area contributed by atoms with Crippen LogP contribution in [0.4, 0.5) is 4.39 Å². The largest absolute Gasteiger partial charge is 0.310 e. The van der Waals surface area contributed by atoms with Crippen molar-refractivity contribution in [1.82, 2.24) is 10.3 Å². The third-order valence-corrected chi connectivity index (χ3v) is 4.12. The van der Waals surface area contributed by atoms with Crippen LogP contribution in [0.1, 0.15) is 18.7 Å². The van der Waals surface area contributed by atoms with Crippen molar-refractivity contribution in [3.05, 3.63) is 39.6 Å². The zero-order chi connectivity index (χ0) is 13.1. The summed E-state index contributed by atoms with van der Waals surface area (Å²) in [5.41, 5.74) is 0.802. The lowest BCUT2D eigenvalue weighted by Crippen LogP contribution is -2.21. The van der Waals surface area contributed by atoms with E-state index in [1.54, 1.807) is 17.4 Å². The fraction of sp³-hybridized carbons (Fsp3) is 0.308.